The number of anilines is 2. The van der Waals surface area contributed by atoms with Crippen LogP contribution in [0.5, 0.6) is 5.75 Å². The number of pyridine rings is 1. The number of piperidine rings is 2. The van der Waals surface area contributed by atoms with Gasteiger partial charge >= 0.3 is 6.09 Å². The minimum atomic E-state index is -0.414. The van der Waals surface area contributed by atoms with Crippen molar-refractivity contribution in [1.82, 2.24) is 9.88 Å². The molecule has 4 heterocycles. The Balaban J connectivity index is 1.08. The lowest BCUT2D eigenvalue weighted by molar-refractivity contribution is 0.0367. The molecule has 0 N–H and O–H groups in total. The fourth-order valence-corrected chi connectivity index (χ4v) is 5.16. The number of carbonyl (C=O) groups excluding carboxylic acids is 1. The van der Waals surface area contributed by atoms with Gasteiger partial charge in [0.1, 0.15) is 17.2 Å². The first-order valence-electron chi connectivity index (χ1n) is 12.3. The first-order chi connectivity index (χ1) is 16.2. The minimum Gasteiger partial charge on any atom is -0.494 e. The number of hydrogen-bond donors (Lipinski definition) is 0. The predicted molar refractivity (Wildman–Crippen MR) is 129 cm³/mol. The molecule has 0 aliphatic carbocycles. The second-order valence-corrected chi connectivity index (χ2v) is 9.41. The lowest BCUT2D eigenvalue weighted by atomic mass is 9.91. The molecule has 2 aromatic rings. The van der Waals surface area contributed by atoms with E-state index in [0.29, 0.717) is 12.4 Å². The minimum absolute atomic E-state index is 0.288. The van der Waals surface area contributed by atoms with E-state index in [2.05, 4.69) is 39.0 Å². The zero-order chi connectivity index (χ0) is 22.5. The van der Waals surface area contributed by atoms with Gasteiger partial charge in [0.25, 0.3) is 0 Å². The maximum atomic E-state index is 12.5. The lowest BCUT2D eigenvalue weighted by Gasteiger charge is -2.38. The van der Waals surface area contributed by atoms with Gasteiger partial charge in [-0.3, -0.25) is 4.90 Å². The highest BCUT2D eigenvalue weighted by molar-refractivity contribution is 5.89. The predicted octanol–water partition coefficient (Wildman–Crippen LogP) is 4.33. The first kappa shape index (κ1) is 22.0. The molecule has 1 amide bonds. The van der Waals surface area contributed by atoms with Crippen molar-refractivity contribution in [3.63, 3.8) is 0 Å². The van der Waals surface area contributed by atoms with Crippen LogP contribution in [-0.2, 0) is 4.74 Å². The molecule has 176 valence electrons. The molecule has 0 atom stereocenters. The highest BCUT2D eigenvalue weighted by Crippen LogP contribution is 2.36. The Bertz CT molecular complexity index is 907. The number of hydrogen-bond acceptors (Lipinski definition) is 6. The zero-order valence-electron chi connectivity index (χ0n) is 19.3. The van der Waals surface area contributed by atoms with Crippen molar-refractivity contribution in [2.75, 3.05) is 55.7 Å². The molecule has 1 spiro atoms. The van der Waals surface area contributed by atoms with Gasteiger partial charge < -0.3 is 19.3 Å². The summed E-state index contributed by atoms with van der Waals surface area (Å²) in [6.07, 6.45) is 8.18. The van der Waals surface area contributed by atoms with E-state index in [9.17, 15) is 4.79 Å². The Hall–Kier alpha value is -2.80. The van der Waals surface area contributed by atoms with Gasteiger partial charge in [-0.15, -0.1) is 0 Å². The molecule has 1 aromatic carbocycles. The smallest absolute Gasteiger partial charge is 0.416 e. The SMILES string of the molecule is O=C1OC2(CCN(c3ccc(OCCCN4CCCCC4)cc3)CC2)CN1c1ccccn1. The summed E-state index contributed by atoms with van der Waals surface area (Å²) >= 11 is 0. The maximum absolute atomic E-state index is 12.5. The zero-order valence-corrected chi connectivity index (χ0v) is 19.3. The van der Waals surface area contributed by atoms with E-state index in [1.54, 1.807) is 11.1 Å². The van der Waals surface area contributed by atoms with Crippen molar-refractivity contribution in [3.8, 4) is 5.75 Å². The third kappa shape index (κ3) is 5.24. The molecule has 33 heavy (non-hydrogen) atoms. The molecule has 0 saturated carbocycles. The van der Waals surface area contributed by atoms with Crippen molar-refractivity contribution in [1.29, 1.82) is 0 Å². The van der Waals surface area contributed by atoms with Crippen LogP contribution >= 0.6 is 0 Å². The lowest BCUT2D eigenvalue weighted by Crippen LogP contribution is -2.47. The fraction of sp³-hybridized carbons (Fsp3) is 0.538. The summed E-state index contributed by atoms with van der Waals surface area (Å²) < 4.78 is 11.8. The number of aromatic nitrogens is 1. The van der Waals surface area contributed by atoms with Crippen molar-refractivity contribution in [2.24, 2.45) is 0 Å². The summed E-state index contributed by atoms with van der Waals surface area (Å²) in [5.41, 5.74) is 0.777. The molecule has 5 rings (SSSR count). The van der Waals surface area contributed by atoms with Gasteiger partial charge in [-0.2, -0.15) is 0 Å². The van der Waals surface area contributed by atoms with Gasteiger partial charge in [-0.25, -0.2) is 9.78 Å². The van der Waals surface area contributed by atoms with E-state index in [-0.39, 0.29) is 6.09 Å². The second-order valence-electron chi connectivity index (χ2n) is 9.41. The molecule has 0 unspecified atom stereocenters. The van der Waals surface area contributed by atoms with Gasteiger partial charge in [0.15, 0.2) is 0 Å². The van der Waals surface area contributed by atoms with Crippen LogP contribution in [0.15, 0.2) is 48.7 Å². The summed E-state index contributed by atoms with van der Waals surface area (Å²) in [5.74, 6) is 1.59. The van der Waals surface area contributed by atoms with Crippen LogP contribution in [0.4, 0.5) is 16.3 Å². The van der Waals surface area contributed by atoms with Crippen LogP contribution in [0.1, 0.15) is 38.5 Å². The van der Waals surface area contributed by atoms with E-state index >= 15 is 0 Å². The monoisotopic (exact) mass is 450 g/mol. The third-order valence-corrected chi connectivity index (χ3v) is 7.11. The Morgan fingerprint density at radius 1 is 0.970 bits per heavy atom. The van der Waals surface area contributed by atoms with Gasteiger partial charge in [-0.1, -0.05) is 12.5 Å². The van der Waals surface area contributed by atoms with Crippen LogP contribution in [0.3, 0.4) is 0 Å². The van der Waals surface area contributed by atoms with Crippen LogP contribution in [0.2, 0.25) is 0 Å². The van der Waals surface area contributed by atoms with Gasteiger partial charge in [0.05, 0.1) is 13.2 Å². The number of carbonyl (C=O) groups is 1. The molecule has 0 bridgehead atoms. The quantitative estimate of drug-likeness (QED) is 0.585. The Morgan fingerprint density at radius 3 is 2.48 bits per heavy atom. The Morgan fingerprint density at radius 2 is 1.76 bits per heavy atom. The second kappa shape index (κ2) is 10.00. The van der Waals surface area contributed by atoms with Crippen LogP contribution < -0.4 is 14.5 Å². The summed E-state index contributed by atoms with van der Waals surface area (Å²) in [7, 11) is 0. The van der Waals surface area contributed by atoms with E-state index in [1.165, 1.54) is 38.0 Å². The molecule has 7 nitrogen and oxygen atoms in total. The molecule has 3 aliphatic rings. The largest absolute Gasteiger partial charge is 0.494 e. The molecular formula is C26H34N4O3. The van der Waals surface area contributed by atoms with Crippen LogP contribution in [0.25, 0.3) is 0 Å². The molecule has 7 heteroatoms. The van der Waals surface area contributed by atoms with Gasteiger partial charge in [-0.05, 0) is 68.8 Å². The summed E-state index contributed by atoms with van der Waals surface area (Å²) in [4.78, 5) is 23.4. The van der Waals surface area contributed by atoms with Gasteiger partial charge in [0, 0.05) is 44.4 Å². The Kier molecular flexibility index (Phi) is 6.67. The van der Waals surface area contributed by atoms with Crippen molar-refractivity contribution in [3.05, 3.63) is 48.7 Å². The number of benzene rings is 1. The van der Waals surface area contributed by atoms with Gasteiger partial charge in [0.2, 0.25) is 0 Å². The van der Waals surface area contributed by atoms with E-state index in [1.807, 2.05) is 18.2 Å². The molecule has 3 aliphatic heterocycles. The molecule has 3 saturated heterocycles. The van der Waals surface area contributed by atoms with Crippen molar-refractivity contribution >= 4 is 17.6 Å². The highest BCUT2D eigenvalue weighted by atomic mass is 16.6. The van der Waals surface area contributed by atoms with Crippen LogP contribution in [0, 0.1) is 0 Å². The topological polar surface area (TPSA) is 58.1 Å². The van der Waals surface area contributed by atoms with E-state index < -0.39 is 5.60 Å². The summed E-state index contributed by atoms with van der Waals surface area (Å²) in [6.45, 7) is 6.67. The number of nitrogens with zero attached hydrogens (tertiary/aromatic N) is 4. The number of likely N-dealkylation sites (tertiary alicyclic amines) is 1. The average Bonchev–Trinajstić information content (AvgIpc) is 3.19. The molecule has 0 radical (unpaired) electrons. The van der Waals surface area contributed by atoms with Crippen LogP contribution in [-0.4, -0.2) is 67.5 Å². The highest BCUT2D eigenvalue weighted by Gasteiger charge is 2.47. The summed E-state index contributed by atoms with van der Waals surface area (Å²) in [6, 6.07) is 14.0. The first-order valence-corrected chi connectivity index (χ1v) is 12.3. The molecular weight excluding hydrogens is 416 g/mol. The standard InChI is InChI=1S/C26H34N4O3/c31-25-30(24-7-2-3-14-27-24)21-26(33-25)12-18-29(19-13-26)22-8-10-23(11-9-22)32-20-6-17-28-15-4-1-5-16-28/h2-3,7-11,14H,1,4-6,12-13,15-21H2. The normalized spacial score (nSPS) is 20.8. The number of rotatable bonds is 7. The summed E-state index contributed by atoms with van der Waals surface area (Å²) in [5, 5.41) is 0. The number of amides is 1. The van der Waals surface area contributed by atoms with E-state index in [0.717, 1.165) is 51.3 Å². The number of ether oxygens (including phenoxy) is 2. The fourth-order valence-electron chi connectivity index (χ4n) is 5.16. The van der Waals surface area contributed by atoms with E-state index in [4.69, 9.17) is 9.47 Å². The van der Waals surface area contributed by atoms with Crippen molar-refractivity contribution in [2.45, 2.75) is 44.1 Å². The van der Waals surface area contributed by atoms with Crippen molar-refractivity contribution < 1.29 is 14.3 Å². The molecule has 3 fully saturated rings. The molecule has 1 aromatic heterocycles. The average molecular weight is 451 g/mol. The Labute approximate surface area is 196 Å². The third-order valence-electron chi connectivity index (χ3n) is 7.11. The maximum Gasteiger partial charge on any atom is 0.416 e.